The van der Waals surface area contributed by atoms with Gasteiger partial charge in [0.2, 0.25) is 0 Å². The zero-order valence-corrected chi connectivity index (χ0v) is 15.5. The molecule has 0 N–H and O–H groups in total. The van der Waals surface area contributed by atoms with Crippen LogP contribution >= 0.6 is 11.3 Å². The summed E-state index contributed by atoms with van der Waals surface area (Å²) < 4.78 is 12.3. The van der Waals surface area contributed by atoms with Crippen LogP contribution in [0.3, 0.4) is 0 Å². The third-order valence-electron chi connectivity index (χ3n) is 4.36. The maximum absolute atomic E-state index is 13.2. The van der Waals surface area contributed by atoms with Crippen LogP contribution in [-0.4, -0.2) is 17.6 Å². The number of benzene rings is 1. The molecule has 4 rings (SSSR count). The average molecular weight is 380 g/mol. The van der Waals surface area contributed by atoms with E-state index in [1.54, 1.807) is 36.0 Å². The Kier molecular flexibility index (Phi) is 4.37. The normalized spacial score (nSPS) is 16.8. The highest BCUT2D eigenvalue weighted by Crippen LogP contribution is 2.30. The quantitative estimate of drug-likeness (QED) is 0.652. The van der Waals surface area contributed by atoms with Gasteiger partial charge in [0, 0.05) is 6.08 Å². The molecule has 0 unspecified atom stereocenters. The van der Waals surface area contributed by atoms with E-state index in [-0.39, 0.29) is 5.56 Å². The van der Waals surface area contributed by atoms with Gasteiger partial charge in [0.25, 0.3) is 5.56 Å². The summed E-state index contributed by atoms with van der Waals surface area (Å²) in [4.78, 5) is 30.7. The summed E-state index contributed by atoms with van der Waals surface area (Å²) in [6, 6.07) is 12.3. The zero-order chi connectivity index (χ0) is 19.0. The van der Waals surface area contributed by atoms with E-state index in [0.717, 1.165) is 5.56 Å². The van der Waals surface area contributed by atoms with E-state index in [0.29, 0.717) is 26.4 Å². The number of fused-ring (bicyclic) bond motifs is 1. The number of hydrogen-bond acceptors (Lipinski definition) is 6. The van der Waals surface area contributed by atoms with E-state index in [2.05, 4.69) is 4.99 Å². The molecule has 7 heteroatoms. The lowest BCUT2D eigenvalue weighted by Crippen LogP contribution is -2.39. The van der Waals surface area contributed by atoms with E-state index >= 15 is 0 Å². The van der Waals surface area contributed by atoms with Crippen molar-refractivity contribution < 1.29 is 13.9 Å². The number of ether oxygens (including phenoxy) is 1. The number of furan rings is 1. The number of nitrogens with zero attached hydrogens (tertiary/aromatic N) is 2. The summed E-state index contributed by atoms with van der Waals surface area (Å²) in [5.41, 5.74) is 1.50. The van der Waals surface area contributed by atoms with E-state index in [1.807, 2.05) is 30.3 Å². The molecule has 6 nitrogen and oxygen atoms in total. The van der Waals surface area contributed by atoms with Crippen molar-refractivity contribution in [2.24, 2.45) is 4.99 Å². The van der Waals surface area contributed by atoms with Crippen LogP contribution in [0.1, 0.15) is 24.3 Å². The minimum atomic E-state index is -0.589. The molecule has 1 aliphatic rings. The van der Waals surface area contributed by atoms with Gasteiger partial charge in [-0.25, -0.2) is 9.79 Å². The van der Waals surface area contributed by atoms with Gasteiger partial charge < -0.3 is 9.15 Å². The summed E-state index contributed by atoms with van der Waals surface area (Å²) in [6.07, 6.45) is 3.23. The van der Waals surface area contributed by atoms with Gasteiger partial charge in [-0.3, -0.25) is 9.36 Å². The molecule has 0 radical (unpaired) electrons. The molecule has 0 saturated carbocycles. The monoisotopic (exact) mass is 380 g/mol. The van der Waals surface area contributed by atoms with Crippen LogP contribution in [0.5, 0.6) is 0 Å². The average Bonchev–Trinajstić information content (AvgIpc) is 3.29. The maximum Gasteiger partial charge on any atom is 0.338 e. The highest BCUT2D eigenvalue weighted by Gasteiger charge is 2.32. The Morgan fingerprint density at radius 2 is 2.04 bits per heavy atom. The van der Waals surface area contributed by atoms with Gasteiger partial charge in [-0.1, -0.05) is 41.7 Å². The molecule has 0 saturated heterocycles. The molecule has 27 heavy (non-hydrogen) atoms. The van der Waals surface area contributed by atoms with Crippen molar-refractivity contribution in [2.75, 3.05) is 7.11 Å². The minimum Gasteiger partial charge on any atom is -0.466 e. The van der Waals surface area contributed by atoms with Crippen molar-refractivity contribution in [3.05, 3.63) is 91.0 Å². The van der Waals surface area contributed by atoms with E-state index < -0.39 is 12.0 Å². The fourth-order valence-corrected chi connectivity index (χ4v) is 4.17. The molecule has 0 fully saturated rings. The molecule has 0 bridgehead atoms. The smallest absolute Gasteiger partial charge is 0.338 e. The predicted octanol–water partition coefficient (Wildman–Crippen LogP) is 2.00. The van der Waals surface area contributed by atoms with Gasteiger partial charge in [0.15, 0.2) is 4.80 Å². The molecule has 0 amide bonds. The van der Waals surface area contributed by atoms with Crippen molar-refractivity contribution in [3.63, 3.8) is 0 Å². The molecule has 1 aromatic carbocycles. The van der Waals surface area contributed by atoms with Gasteiger partial charge in [-0.15, -0.1) is 0 Å². The highest BCUT2D eigenvalue weighted by molar-refractivity contribution is 7.07. The third kappa shape index (κ3) is 2.96. The zero-order valence-electron chi connectivity index (χ0n) is 14.7. The second-order valence-electron chi connectivity index (χ2n) is 6.00. The number of carbonyl (C=O) groups excluding carboxylic acids is 1. The fourth-order valence-electron chi connectivity index (χ4n) is 3.15. The number of methoxy groups -OCH3 is 1. The number of hydrogen-bond donors (Lipinski definition) is 0. The van der Waals surface area contributed by atoms with Crippen LogP contribution in [0.2, 0.25) is 0 Å². The lowest BCUT2D eigenvalue weighted by molar-refractivity contribution is -0.136. The van der Waals surface area contributed by atoms with Crippen LogP contribution in [0, 0.1) is 0 Å². The molecule has 2 aromatic heterocycles. The lowest BCUT2D eigenvalue weighted by atomic mass is 9.96. The predicted molar refractivity (Wildman–Crippen MR) is 101 cm³/mol. The molecular formula is C20H16N2O4S. The van der Waals surface area contributed by atoms with Gasteiger partial charge >= 0.3 is 5.97 Å². The topological polar surface area (TPSA) is 73.8 Å². The lowest BCUT2D eigenvalue weighted by Gasteiger charge is -2.24. The molecule has 0 aliphatic carbocycles. The van der Waals surface area contributed by atoms with Gasteiger partial charge in [0.1, 0.15) is 5.76 Å². The highest BCUT2D eigenvalue weighted by atomic mass is 32.1. The maximum atomic E-state index is 13.2. The molecule has 136 valence electrons. The standard InChI is InChI=1S/C20H16N2O4S/c1-12-16(19(24)25-2)17(13-7-4-3-5-8-13)22-18(23)15(27-20(22)21-12)11-14-9-6-10-26-14/h3-11,17H,1-2H3/b15-11-/t17-/m1/s1. The number of thiazole rings is 1. The number of esters is 1. The van der Waals surface area contributed by atoms with Crippen LogP contribution in [0.15, 0.2) is 74.2 Å². The summed E-state index contributed by atoms with van der Waals surface area (Å²) in [7, 11) is 1.33. The second-order valence-corrected chi connectivity index (χ2v) is 7.01. The largest absolute Gasteiger partial charge is 0.466 e. The van der Waals surface area contributed by atoms with Gasteiger partial charge in [-0.05, 0) is 24.6 Å². The van der Waals surface area contributed by atoms with E-state index in [4.69, 9.17) is 9.15 Å². The molecule has 3 heterocycles. The molecule has 1 aliphatic heterocycles. The second kappa shape index (κ2) is 6.85. The first-order valence-corrected chi connectivity index (χ1v) is 9.11. The first kappa shape index (κ1) is 17.2. The Balaban J connectivity index is 2.00. The Morgan fingerprint density at radius 3 is 2.70 bits per heavy atom. The fraction of sp³-hybridized carbons (Fsp3) is 0.150. The van der Waals surface area contributed by atoms with Crippen molar-refractivity contribution in [1.29, 1.82) is 0 Å². The molecule has 0 spiro atoms. The molecular weight excluding hydrogens is 364 g/mol. The van der Waals surface area contributed by atoms with Crippen molar-refractivity contribution in [1.82, 2.24) is 4.57 Å². The Morgan fingerprint density at radius 1 is 1.26 bits per heavy atom. The molecule has 1 atom stereocenters. The SMILES string of the molecule is COC(=O)C1=C(C)N=c2s/c(=C\c3ccco3)c(=O)n2[C@@H]1c1ccccc1. The summed E-state index contributed by atoms with van der Waals surface area (Å²) >= 11 is 1.27. The Labute approximate surface area is 158 Å². The van der Waals surface area contributed by atoms with Crippen molar-refractivity contribution in [3.8, 4) is 0 Å². The third-order valence-corrected chi connectivity index (χ3v) is 5.34. The van der Waals surface area contributed by atoms with Crippen LogP contribution < -0.4 is 14.9 Å². The van der Waals surface area contributed by atoms with Crippen molar-refractivity contribution >= 4 is 23.4 Å². The summed E-state index contributed by atoms with van der Waals surface area (Å²) in [5, 5.41) is 0. The number of rotatable bonds is 3. The summed E-state index contributed by atoms with van der Waals surface area (Å²) in [5.74, 6) is 0.0887. The van der Waals surface area contributed by atoms with Crippen LogP contribution in [0.25, 0.3) is 6.08 Å². The summed E-state index contributed by atoms with van der Waals surface area (Å²) in [6.45, 7) is 1.76. The van der Waals surface area contributed by atoms with Crippen molar-refractivity contribution in [2.45, 2.75) is 13.0 Å². The number of aromatic nitrogens is 1. The molecule has 3 aromatic rings. The van der Waals surface area contributed by atoms with Gasteiger partial charge in [-0.2, -0.15) is 0 Å². The first-order valence-electron chi connectivity index (χ1n) is 8.29. The minimum absolute atomic E-state index is 0.224. The number of allylic oxidation sites excluding steroid dienone is 1. The van der Waals surface area contributed by atoms with Gasteiger partial charge in [0.05, 0.1) is 35.2 Å². The Bertz CT molecular complexity index is 1200. The Hall–Kier alpha value is -3.19. The first-order chi connectivity index (χ1) is 13.1. The number of carbonyl (C=O) groups is 1. The van der Waals surface area contributed by atoms with E-state index in [1.165, 1.54) is 18.4 Å². The van der Waals surface area contributed by atoms with Crippen LogP contribution in [-0.2, 0) is 9.53 Å². The van der Waals surface area contributed by atoms with Crippen LogP contribution in [0.4, 0.5) is 0 Å². The van der Waals surface area contributed by atoms with E-state index in [9.17, 15) is 9.59 Å².